The van der Waals surface area contributed by atoms with Crippen LogP contribution in [0.1, 0.15) is 18.4 Å². The Morgan fingerprint density at radius 3 is 2.36 bits per heavy atom. The predicted molar refractivity (Wildman–Crippen MR) is 63.5 cm³/mol. The van der Waals surface area contributed by atoms with Gasteiger partial charge in [0.05, 0.1) is 0 Å². The standard InChI is InChI=1S/C12H16BrN/c1-9-7-14(2)8-12(9)10-3-5-11(13)6-4-10/h3-6,9,12H,7-8H2,1-2H3/t9-,12+/m1/s1. The van der Waals surface area contributed by atoms with E-state index in [1.54, 1.807) is 0 Å². The van der Waals surface area contributed by atoms with Crippen LogP contribution in [0.15, 0.2) is 28.7 Å². The Balaban J connectivity index is 2.19. The molecule has 2 rings (SSSR count). The summed E-state index contributed by atoms with van der Waals surface area (Å²) in [6.07, 6.45) is 0. The monoisotopic (exact) mass is 253 g/mol. The van der Waals surface area contributed by atoms with Gasteiger partial charge in [0.2, 0.25) is 0 Å². The summed E-state index contributed by atoms with van der Waals surface area (Å²) < 4.78 is 1.17. The molecule has 1 aliphatic heterocycles. The van der Waals surface area contributed by atoms with Gasteiger partial charge in [-0.3, -0.25) is 0 Å². The fourth-order valence-corrected chi connectivity index (χ4v) is 2.62. The Hall–Kier alpha value is -0.340. The molecule has 0 aromatic heterocycles. The molecule has 1 heterocycles. The molecule has 1 aromatic carbocycles. The van der Waals surface area contributed by atoms with Crippen LogP contribution >= 0.6 is 15.9 Å². The van der Waals surface area contributed by atoms with Gasteiger partial charge in [-0.05, 0) is 30.7 Å². The second-order valence-electron chi connectivity index (χ2n) is 4.36. The zero-order valence-electron chi connectivity index (χ0n) is 8.70. The second-order valence-corrected chi connectivity index (χ2v) is 5.27. The maximum atomic E-state index is 3.47. The van der Waals surface area contributed by atoms with E-state index in [-0.39, 0.29) is 0 Å². The molecule has 76 valence electrons. The van der Waals surface area contributed by atoms with Gasteiger partial charge in [-0.1, -0.05) is 35.0 Å². The van der Waals surface area contributed by atoms with Crippen LogP contribution in [0, 0.1) is 5.92 Å². The molecular weight excluding hydrogens is 238 g/mol. The molecule has 1 fully saturated rings. The van der Waals surface area contributed by atoms with Crippen molar-refractivity contribution in [3.8, 4) is 0 Å². The van der Waals surface area contributed by atoms with E-state index in [1.807, 2.05) is 0 Å². The molecule has 1 aromatic rings. The SMILES string of the molecule is C[C@@H]1CN(C)C[C@@H]1c1ccc(Br)cc1. The van der Waals surface area contributed by atoms with E-state index in [4.69, 9.17) is 0 Å². The van der Waals surface area contributed by atoms with Gasteiger partial charge < -0.3 is 4.90 Å². The van der Waals surface area contributed by atoms with E-state index >= 15 is 0 Å². The Morgan fingerprint density at radius 2 is 1.86 bits per heavy atom. The summed E-state index contributed by atoms with van der Waals surface area (Å²) in [6, 6.07) is 8.76. The van der Waals surface area contributed by atoms with Crippen molar-refractivity contribution < 1.29 is 0 Å². The maximum Gasteiger partial charge on any atom is 0.0175 e. The number of halogens is 1. The third kappa shape index (κ3) is 2.01. The highest BCUT2D eigenvalue weighted by molar-refractivity contribution is 9.10. The van der Waals surface area contributed by atoms with Gasteiger partial charge in [-0.25, -0.2) is 0 Å². The molecule has 1 saturated heterocycles. The van der Waals surface area contributed by atoms with Crippen molar-refractivity contribution in [3.63, 3.8) is 0 Å². The van der Waals surface area contributed by atoms with E-state index in [1.165, 1.54) is 23.1 Å². The minimum atomic E-state index is 0.716. The molecule has 0 aliphatic carbocycles. The Labute approximate surface area is 94.2 Å². The summed E-state index contributed by atoms with van der Waals surface area (Å²) in [6.45, 7) is 4.76. The molecule has 0 bridgehead atoms. The van der Waals surface area contributed by atoms with Gasteiger partial charge in [0.15, 0.2) is 0 Å². The molecule has 0 spiro atoms. The van der Waals surface area contributed by atoms with E-state index in [0.717, 1.165) is 5.92 Å². The van der Waals surface area contributed by atoms with Gasteiger partial charge in [-0.2, -0.15) is 0 Å². The normalized spacial score (nSPS) is 28.2. The van der Waals surface area contributed by atoms with Gasteiger partial charge in [0, 0.05) is 23.5 Å². The van der Waals surface area contributed by atoms with Crippen molar-refractivity contribution >= 4 is 15.9 Å². The lowest BCUT2D eigenvalue weighted by Gasteiger charge is -2.14. The fraction of sp³-hybridized carbons (Fsp3) is 0.500. The molecule has 0 N–H and O–H groups in total. The van der Waals surface area contributed by atoms with Crippen LogP contribution in [0.3, 0.4) is 0 Å². The molecule has 1 aliphatic rings. The highest BCUT2D eigenvalue weighted by atomic mass is 79.9. The molecule has 1 nitrogen and oxygen atoms in total. The molecule has 0 radical (unpaired) electrons. The van der Waals surface area contributed by atoms with Gasteiger partial charge in [0.25, 0.3) is 0 Å². The molecule has 2 atom stereocenters. The van der Waals surface area contributed by atoms with Crippen molar-refractivity contribution in [1.29, 1.82) is 0 Å². The van der Waals surface area contributed by atoms with Crippen LogP contribution in [0.5, 0.6) is 0 Å². The zero-order chi connectivity index (χ0) is 10.1. The first-order valence-corrected chi connectivity index (χ1v) is 5.90. The summed E-state index contributed by atoms with van der Waals surface area (Å²) in [5, 5.41) is 0. The smallest absolute Gasteiger partial charge is 0.0175 e. The summed E-state index contributed by atoms with van der Waals surface area (Å²) in [5.41, 5.74) is 1.48. The van der Waals surface area contributed by atoms with Crippen molar-refractivity contribution in [3.05, 3.63) is 34.3 Å². The minimum Gasteiger partial charge on any atom is -0.305 e. The summed E-state index contributed by atoms with van der Waals surface area (Å²) in [4.78, 5) is 2.41. The average molecular weight is 254 g/mol. The number of rotatable bonds is 1. The van der Waals surface area contributed by atoms with Crippen LogP contribution in [-0.4, -0.2) is 25.0 Å². The quantitative estimate of drug-likeness (QED) is 0.744. The Morgan fingerprint density at radius 1 is 1.21 bits per heavy atom. The van der Waals surface area contributed by atoms with Crippen molar-refractivity contribution in [2.45, 2.75) is 12.8 Å². The number of hydrogen-bond acceptors (Lipinski definition) is 1. The van der Waals surface area contributed by atoms with Crippen LogP contribution in [0.25, 0.3) is 0 Å². The lowest BCUT2D eigenvalue weighted by Crippen LogP contribution is -2.13. The largest absolute Gasteiger partial charge is 0.305 e. The second kappa shape index (κ2) is 4.03. The lowest BCUT2D eigenvalue weighted by atomic mass is 9.90. The number of benzene rings is 1. The zero-order valence-corrected chi connectivity index (χ0v) is 10.3. The first-order chi connectivity index (χ1) is 6.66. The van der Waals surface area contributed by atoms with Crippen molar-refractivity contribution in [1.82, 2.24) is 4.90 Å². The van der Waals surface area contributed by atoms with Crippen LogP contribution in [0.4, 0.5) is 0 Å². The van der Waals surface area contributed by atoms with Gasteiger partial charge in [-0.15, -0.1) is 0 Å². The van der Waals surface area contributed by atoms with Crippen molar-refractivity contribution in [2.75, 3.05) is 20.1 Å². The van der Waals surface area contributed by atoms with Crippen molar-refractivity contribution in [2.24, 2.45) is 5.92 Å². The van der Waals surface area contributed by atoms with E-state index < -0.39 is 0 Å². The van der Waals surface area contributed by atoms with E-state index in [2.05, 4.69) is 59.1 Å². The molecular formula is C12H16BrN. The lowest BCUT2D eigenvalue weighted by molar-refractivity contribution is 0.401. The summed E-state index contributed by atoms with van der Waals surface area (Å²) in [7, 11) is 2.20. The molecule has 0 unspecified atom stereocenters. The maximum absolute atomic E-state index is 3.47. The van der Waals surface area contributed by atoms with E-state index in [9.17, 15) is 0 Å². The highest BCUT2D eigenvalue weighted by Crippen LogP contribution is 2.31. The van der Waals surface area contributed by atoms with Gasteiger partial charge >= 0.3 is 0 Å². The topological polar surface area (TPSA) is 3.24 Å². The minimum absolute atomic E-state index is 0.716. The Bertz CT molecular complexity index is 307. The van der Waals surface area contributed by atoms with Crippen LogP contribution in [-0.2, 0) is 0 Å². The number of likely N-dealkylation sites (tertiary alicyclic amines) is 1. The predicted octanol–water partition coefficient (Wildman–Crippen LogP) is 3.11. The highest BCUT2D eigenvalue weighted by Gasteiger charge is 2.28. The number of nitrogens with zero attached hydrogens (tertiary/aromatic N) is 1. The fourth-order valence-electron chi connectivity index (χ4n) is 2.35. The van der Waals surface area contributed by atoms with E-state index in [0.29, 0.717) is 5.92 Å². The molecule has 2 heteroatoms. The molecule has 0 amide bonds. The van der Waals surface area contributed by atoms with Crippen LogP contribution < -0.4 is 0 Å². The first kappa shape index (κ1) is 10.2. The summed E-state index contributed by atoms with van der Waals surface area (Å²) in [5.74, 6) is 1.49. The third-order valence-electron chi connectivity index (χ3n) is 3.09. The molecule has 0 saturated carbocycles. The Kier molecular flexibility index (Phi) is 2.93. The average Bonchev–Trinajstić information content (AvgIpc) is 2.47. The molecule has 14 heavy (non-hydrogen) atoms. The summed E-state index contributed by atoms with van der Waals surface area (Å²) >= 11 is 3.47. The third-order valence-corrected chi connectivity index (χ3v) is 3.62. The number of likely N-dealkylation sites (N-methyl/N-ethyl adjacent to an activating group) is 1. The number of hydrogen-bond donors (Lipinski definition) is 0. The first-order valence-electron chi connectivity index (χ1n) is 5.11. The van der Waals surface area contributed by atoms with Crippen LogP contribution in [0.2, 0.25) is 0 Å². The van der Waals surface area contributed by atoms with Gasteiger partial charge in [0.1, 0.15) is 0 Å².